The van der Waals surface area contributed by atoms with E-state index in [1.807, 2.05) is 19.9 Å². The van der Waals surface area contributed by atoms with Crippen molar-refractivity contribution in [2.45, 2.75) is 77.7 Å². The summed E-state index contributed by atoms with van der Waals surface area (Å²) in [5.41, 5.74) is 1.71. The molecule has 1 aromatic rings. The number of carbonyl (C=O) groups excluding carboxylic acids is 2. The van der Waals surface area contributed by atoms with Gasteiger partial charge in [-0.3, -0.25) is 9.59 Å². The highest BCUT2D eigenvalue weighted by molar-refractivity contribution is 7.15. The summed E-state index contributed by atoms with van der Waals surface area (Å²) < 4.78 is 0. The van der Waals surface area contributed by atoms with Gasteiger partial charge >= 0.3 is 5.97 Å². The number of Topliss-reactive ketones (excluding diaryl/α,β-unsaturated/α-hetero) is 1. The van der Waals surface area contributed by atoms with Gasteiger partial charge in [-0.05, 0) is 56.1 Å². The van der Waals surface area contributed by atoms with Crippen molar-refractivity contribution >= 4 is 40.3 Å². The topological polar surface area (TPSA) is 74.7 Å². The Labute approximate surface area is 170 Å². The maximum Gasteiger partial charge on any atom is 0.348 e. The van der Waals surface area contributed by atoms with Crippen LogP contribution in [0.25, 0.3) is 5.57 Å². The summed E-state index contributed by atoms with van der Waals surface area (Å²) in [6, 6.07) is 1.80. The summed E-state index contributed by atoms with van der Waals surface area (Å²) in [5.74, 6) is -0.618. The van der Waals surface area contributed by atoms with E-state index < -0.39 is 5.97 Å². The van der Waals surface area contributed by atoms with Crippen LogP contribution in [0.2, 0.25) is 0 Å². The molecule has 1 fully saturated rings. The van der Waals surface area contributed by atoms with E-state index in [2.05, 4.69) is 6.08 Å². The van der Waals surface area contributed by atoms with E-state index in [-0.39, 0.29) is 28.5 Å². The van der Waals surface area contributed by atoms with Gasteiger partial charge in [0.15, 0.2) is 0 Å². The van der Waals surface area contributed by atoms with Crippen LogP contribution in [0.5, 0.6) is 0 Å². The molecule has 0 saturated heterocycles. The molecule has 28 heavy (non-hydrogen) atoms. The number of ketones is 1. The number of nitrogens with zero attached hydrogens (tertiary/aromatic N) is 1. The largest absolute Gasteiger partial charge is 0.477 e. The summed E-state index contributed by atoms with van der Waals surface area (Å²) >= 11 is 1.27. The Balaban J connectivity index is 2.01. The number of hydrogen-bond acceptors (Lipinski definition) is 4. The number of aromatic carboxylic acids is 1. The van der Waals surface area contributed by atoms with Gasteiger partial charge in [-0.2, -0.15) is 0 Å². The lowest BCUT2D eigenvalue weighted by molar-refractivity contribution is -0.123. The maximum absolute atomic E-state index is 13.1. The predicted octanol–water partition coefficient (Wildman–Crippen LogP) is 5.29. The molecular weight excluding hydrogens is 374 g/mol. The molecule has 1 saturated carbocycles. The van der Waals surface area contributed by atoms with Gasteiger partial charge in [0.05, 0.1) is 5.69 Å². The van der Waals surface area contributed by atoms with Gasteiger partial charge in [-0.15, -0.1) is 11.3 Å². The smallest absolute Gasteiger partial charge is 0.348 e. The van der Waals surface area contributed by atoms with E-state index in [1.165, 1.54) is 23.3 Å². The summed E-state index contributed by atoms with van der Waals surface area (Å²) in [4.78, 5) is 39.7. The molecule has 2 aliphatic rings. The number of carboxylic acid groups (broad SMARTS) is 1. The second-order valence-electron chi connectivity index (χ2n) is 8.24. The lowest BCUT2D eigenvalue weighted by atomic mass is 9.92. The highest BCUT2D eigenvalue weighted by Crippen LogP contribution is 2.40. The number of carboxylic acids is 1. The van der Waals surface area contributed by atoms with Crippen LogP contribution in [0.1, 0.15) is 86.2 Å². The number of amides is 1. The molecule has 3 rings (SSSR count). The van der Waals surface area contributed by atoms with Crippen LogP contribution in [-0.2, 0) is 9.59 Å². The molecule has 2 aliphatic carbocycles. The molecule has 0 spiro atoms. The van der Waals surface area contributed by atoms with Crippen LogP contribution < -0.4 is 4.90 Å². The fraction of sp³-hybridized carbons (Fsp3) is 0.591. The Morgan fingerprint density at radius 2 is 1.93 bits per heavy atom. The molecule has 1 heterocycles. The molecule has 6 heteroatoms. The molecular formula is C22H29NO4S. The van der Waals surface area contributed by atoms with Crippen molar-refractivity contribution < 1.29 is 19.5 Å². The van der Waals surface area contributed by atoms with E-state index in [1.54, 1.807) is 4.90 Å². The Morgan fingerprint density at radius 3 is 2.50 bits per heavy atom. The lowest BCUT2D eigenvalue weighted by Gasteiger charge is -2.34. The molecule has 0 bridgehead atoms. The van der Waals surface area contributed by atoms with Crippen molar-refractivity contribution in [2.24, 2.45) is 5.92 Å². The average Bonchev–Trinajstić information content (AvgIpc) is 3.09. The first kappa shape index (κ1) is 20.8. The summed E-state index contributed by atoms with van der Waals surface area (Å²) in [6.45, 7) is 3.98. The van der Waals surface area contributed by atoms with Crippen LogP contribution in [0, 0.1) is 5.92 Å². The summed E-state index contributed by atoms with van der Waals surface area (Å²) in [7, 11) is 0. The van der Waals surface area contributed by atoms with Crippen molar-refractivity contribution in [3.8, 4) is 0 Å². The minimum Gasteiger partial charge on any atom is -0.477 e. The second-order valence-corrected chi connectivity index (χ2v) is 9.29. The first-order valence-electron chi connectivity index (χ1n) is 10.3. The van der Waals surface area contributed by atoms with Crippen LogP contribution >= 0.6 is 11.3 Å². The molecule has 0 unspecified atom stereocenters. The first-order valence-corrected chi connectivity index (χ1v) is 11.1. The standard InChI is InChI=1S/C22H29NO4S/c1-14(2)12-20(25)23(16-8-10-17(24)11-9-16)18-13-19(28-21(18)22(26)27)15-6-4-3-5-7-15/h6,13-14,16H,3-5,7-12H2,1-2H3,(H,26,27). The molecule has 0 aliphatic heterocycles. The van der Waals surface area contributed by atoms with Crippen LogP contribution in [-0.4, -0.2) is 28.8 Å². The number of hydrogen-bond donors (Lipinski definition) is 1. The maximum atomic E-state index is 13.1. The third-order valence-corrected chi connectivity index (χ3v) is 6.69. The van der Waals surface area contributed by atoms with E-state index in [0.29, 0.717) is 37.8 Å². The van der Waals surface area contributed by atoms with Gasteiger partial charge in [0.1, 0.15) is 10.7 Å². The highest BCUT2D eigenvalue weighted by Gasteiger charge is 2.33. The Morgan fingerprint density at radius 1 is 1.21 bits per heavy atom. The van der Waals surface area contributed by atoms with Crippen molar-refractivity contribution in [3.05, 3.63) is 21.9 Å². The second kappa shape index (κ2) is 9.03. The van der Waals surface area contributed by atoms with E-state index >= 15 is 0 Å². The third kappa shape index (κ3) is 4.72. The van der Waals surface area contributed by atoms with Crippen molar-refractivity contribution in [2.75, 3.05) is 4.90 Å². The Kier molecular flexibility index (Phi) is 6.70. The van der Waals surface area contributed by atoms with E-state index in [9.17, 15) is 19.5 Å². The van der Waals surface area contributed by atoms with Gasteiger partial charge in [0, 0.05) is 30.2 Å². The molecule has 0 atom stereocenters. The zero-order valence-corrected chi connectivity index (χ0v) is 17.5. The Bertz CT molecular complexity index is 782. The van der Waals surface area contributed by atoms with Crippen LogP contribution in [0.4, 0.5) is 5.69 Å². The third-order valence-electron chi connectivity index (χ3n) is 5.50. The van der Waals surface area contributed by atoms with Crippen LogP contribution in [0.3, 0.4) is 0 Å². The normalized spacial score (nSPS) is 18.2. The van der Waals surface area contributed by atoms with Gasteiger partial charge in [-0.25, -0.2) is 4.79 Å². The van der Waals surface area contributed by atoms with Crippen LogP contribution in [0.15, 0.2) is 12.1 Å². The Hall–Kier alpha value is -1.95. The first-order chi connectivity index (χ1) is 13.4. The van der Waals surface area contributed by atoms with E-state index in [0.717, 1.165) is 24.1 Å². The average molecular weight is 404 g/mol. The number of allylic oxidation sites excluding steroid dienone is 2. The number of thiophene rings is 1. The fourth-order valence-electron chi connectivity index (χ4n) is 4.10. The molecule has 0 aromatic carbocycles. The highest BCUT2D eigenvalue weighted by atomic mass is 32.1. The summed E-state index contributed by atoms with van der Waals surface area (Å²) in [5, 5.41) is 9.83. The molecule has 1 aromatic heterocycles. The number of rotatable bonds is 6. The SMILES string of the molecule is CC(C)CC(=O)N(c1cc(C2=CCCCC2)sc1C(=O)O)C1CCC(=O)CC1. The van der Waals surface area contributed by atoms with Crippen molar-refractivity contribution in [1.82, 2.24) is 0 Å². The van der Waals surface area contributed by atoms with Gasteiger partial charge in [-0.1, -0.05) is 19.9 Å². The van der Waals surface area contributed by atoms with Gasteiger partial charge in [0.2, 0.25) is 5.91 Å². The van der Waals surface area contributed by atoms with Gasteiger partial charge in [0.25, 0.3) is 0 Å². The van der Waals surface area contributed by atoms with Crippen molar-refractivity contribution in [1.29, 1.82) is 0 Å². The minimum absolute atomic E-state index is 0.0428. The summed E-state index contributed by atoms with van der Waals surface area (Å²) in [6.07, 6.45) is 8.96. The predicted molar refractivity (Wildman–Crippen MR) is 112 cm³/mol. The minimum atomic E-state index is -0.989. The van der Waals surface area contributed by atoms with E-state index in [4.69, 9.17) is 0 Å². The monoisotopic (exact) mass is 403 g/mol. The fourth-order valence-corrected chi connectivity index (χ4v) is 5.15. The molecule has 5 nitrogen and oxygen atoms in total. The van der Waals surface area contributed by atoms with Gasteiger partial charge < -0.3 is 10.0 Å². The zero-order valence-electron chi connectivity index (χ0n) is 16.7. The molecule has 1 amide bonds. The molecule has 152 valence electrons. The molecule has 0 radical (unpaired) electrons. The number of anilines is 1. The zero-order chi connectivity index (χ0) is 20.3. The lowest BCUT2D eigenvalue weighted by Crippen LogP contribution is -2.43. The molecule has 1 N–H and O–H groups in total. The van der Waals surface area contributed by atoms with Crippen molar-refractivity contribution in [3.63, 3.8) is 0 Å². The number of carbonyl (C=O) groups is 3. The quantitative estimate of drug-likeness (QED) is 0.700.